The molecule has 0 fully saturated rings. The number of hydrogen-bond donors (Lipinski definition) is 1. The number of nitrogens with one attached hydrogen (secondary N) is 1. The van der Waals surface area contributed by atoms with Gasteiger partial charge in [-0.25, -0.2) is 0 Å². The lowest BCUT2D eigenvalue weighted by atomic mass is 10.2. The number of pyridine rings is 1. The maximum Gasteiger partial charge on any atom is 0.120 e. The van der Waals surface area contributed by atoms with E-state index < -0.39 is 0 Å². The van der Waals surface area contributed by atoms with Gasteiger partial charge >= 0.3 is 0 Å². The Morgan fingerprint density at radius 3 is 2.74 bits per heavy atom. The minimum Gasteiger partial charge on any atom is -0.497 e. The molecule has 0 amide bonds. The Hall–Kier alpha value is -2.55. The highest BCUT2D eigenvalue weighted by Crippen LogP contribution is 2.26. The van der Waals surface area contributed by atoms with Crippen LogP contribution < -0.4 is 10.1 Å². The SMILES string of the molecule is COc1cccc(Nc2cccc3cccnc23)c1. The van der Waals surface area contributed by atoms with Gasteiger partial charge in [-0.2, -0.15) is 0 Å². The van der Waals surface area contributed by atoms with E-state index in [1.54, 1.807) is 13.3 Å². The summed E-state index contributed by atoms with van der Waals surface area (Å²) in [5.74, 6) is 0.832. The standard InChI is InChI=1S/C16H14N2O/c1-19-14-8-3-7-13(11-14)18-15-9-2-5-12-6-4-10-17-16(12)15/h2-11,18H,1H3. The quantitative estimate of drug-likeness (QED) is 0.763. The van der Waals surface area contributed by atoms with Gasteiger partial charge in [0.05, 0.1) is 18.3 Å². The molecule has 0 atom stereocenters. The molecule has 0 saturated heterocycles. The molecule has 0 aliphatic carbocycles. The minimum atomic E-state index is 0.832. The molecule has 0 radical (unpaired) electrons. The van der Waals surface area contributed by atoms with Gasteiger partial charge in [0, 0.05) is 23.3 Å². The first-order valence-electron chi connectivity index (χ1n) is 6.11. The Balaban J connectivity index is 2.01. The molecule has 0 aliphatic heterocycles. The molecule has 3 rings (SSSR count). The van der Waals surface area contributed by atoms with Crippen molar-refractivity contribution in [1.82, 2.24) is 4.98 Å². The molecule has 1 N–H and O–H groups in total. The highest BCUT2D eigenvalue weighted by Gasteiger charge is 2.02. The lowest BCUT2D eigenvalue weighted by Crippen LogP contribution is -1.93. The maximum absolute atomic E-state index is 5.22. The first-order chi connectivity index (χ1) is 9.36. The summed E-state index contributed by atoms with van der Waals surface area (Å²) in [4.78, 5) is 4.43. The van der Waals surface area contributed by atoms with Crippen LogP contribution in [0.5, 0.6) is 5.75 Å². The number of hydrogen-bond acceptors (Lipinski definition) is 3. The average Bonchev–Trinajstić information content (AvgIpc) is 2.48. The second-order valence-electron chi connectivity index (χ2n) is 4.24. The van der Waals surface area contributed by atoms with Gasteiger partial charge in [-0.05, 0) is 24.3 Å². The van der Waals surface area contributed by atoms with E-state index >= 15 is 0 Å². The van der Waals surface area contributed by atoms with Crippen molar-refractivity contribution in [2.24, 2.45) is 0 Å². The Morgan fingerprint density at radius 2 is 1.84 bits per heavy atom. The molecule has 0 aliphatic rings. The van der Waals surface area contributed by atoms with E-state index in [0.29, 0.717) is 0 Å². The summed E-state index contributed by atoms with van der Waals surface area (Å²) in [6, 6.07) is 17.9. The van der Waals surface area contributed by atoms with Gasteiger partial charge in [0.15, 0.2) is 0 Å². The van der Waals surface area contributed by atoms with Gasteiger partial charge in [0.2, 0.25) is 0 Å². The van der Waals surface area contributed by atoms with Crippen molar-refractivity contribution < 1.29 is 4.74 Å². The van der Waals surface area contributed by atoms with Crippen LogP contribution in [0.25, 0.3) is 10.9 Å². The summed E-state index contributed by atoms with van der Waals surface area (Å²) < 4.78 is 5.22. The summed E-state index contributed by atoms with van der Waals surface area (Å²) in [5.41, 5.74) is 2.94. The molecule has 94 valence electrons. The number of aromatic nitrogens is 1. The molecule has 0 bridgehead atoms. The molecule has 3 heteroatoms. The van der Waals surface area contributed by atoms with E-state index in [0.717, 1.165) is 28.0 Å². The highest BCUT2D eigenvalue weighted by molar-refractivity contribution is 5.91. The molecule has 2 aromatic carbocycles. The number of ether oxygens (including phenoxy) is 1. The van der Waals surface area contributed by atoms with Crippen LogP contribution in [-0.4, -0.2) is 12.1 Å². The molecule has 19 heavy (non-hydrogen) atoms. The van der Waals surface area contributed by atoms with E-state index in [-0.39, 0.29) is 0 Å². The number of nitrogens with zero attached hydrogens (tertiary/aromatic N) is 1. The third-order valence-electron chi connectivity index (χ3n) is 2.98. The molecule has 0 unspecified atom stereocenters. The maximum atomic E-state index is 5.22. The molecule has 0 saturated carbocycles. The zero-order valence-corrected chi connectivity index (χ0v) is 10.6. The lowest BCUT2D eigenvalue weighted by molar-refractivity contribution is 0.415. The normalized spacial score (nSPS) is 10.4. The van der Waals surface area contributed by atoms with Crippen molar-refractivity contribution >= 4 is 22.3 Å². The van der Waals surface area contributed by atoms with Gasteiger partial charge < -0.3 is 10.1 Å². The first-order valence-corrected chi connectivity index (χ1v) is 6.11. The predicted octanol–water partition coefficient (Wildman–Crippen LogP) is 3.99. The second kappa shape index (κ2) is 4.98. The average molecular weight is 250 g/mol. The van der Waals surface area contributed by atoms with Crippen LogP contribution in [-0.2, 0) is 0 Å². The van der Waals surface area contributed by atoms with Crippen molar-refractivity contribution in [1.29, 1.82) is 0 Å². The number of fused-ring (bicyclic) bond motifs is 1. The number of benzene rings is 2. The van der Waals surface area contributed by atoms with Crippen LogP contribution in [0.2, 0.25) is 0 Å². The Labute approximate surface area is 111 Å². The zero-order chi connectivity index (χ0) is 13.1. The van der Waals surface area contributed by atoms with Gasteiger partial charge in [-0.15, -0.1) is 0 Å². The number of methoxy groups -OCH3 is 1. The van der Waals surface area contributed by atoms with Crippen molar-refractivity contribution in [2.75, 3.05) is 12.4 Å². The van der Waals surface area contributed by atoms with Crippen LogP contribution in [0.3, 0.4) is 0 Å². The fourth-order valence-corrected chi connectivity index (χ4v) is 2.06. The molecule has 3 nitrogen and oxygen atoms in total. The number of anilines is 2. The topological polar surface area (TPSA) is 34.1 Å². The smallest absolute Gasteiger partial charge is 0.120 e. The third kappa shape index (κ3) is 2.36. The highest BCUT2D eigenvalue weighted by atomic mass is 16.5. The first kappa shape index (κ1) is 11.5. The predicted molar refractivity (Wildman–Crippen MR) is 78.0 cm³/mol. The largest absolute Gasteiger partial charge is 0.497 e. The van der Waals surface area contributed by atoms with Gasteiger partial charge in [-0.1, -0.05) is 24.3 Å². The summed E-state index contributed by atoms with van der Waals surface area (Å²) in [7, 11) is 1.67. The van der Waals surface area contributed by atoms with E-state index in [4.69, 9.17) is 4.74 Å². The van der Waals surface area contributed by atoms with Gasteiger partial charge in [0.1, 0.15) is 5.75 Å². The van der Waals surface area contributed by atoms with Crippen LogP contribution in [0.4, 0.5) is 11.4 Å². The van der Waals surface area contributed by atoms with Crippen molar-refractivity contribution in [3.05, 3.63) is 60.8 Å². The monoisotopic (exact) mass is 250 g/mol. The Kier molecular flexibility index (Phi) is 3.02. The summed E-state index contributed by atoms with van der Waals surface area (Å²) >= 11 is 0. The minimum absolute atomic E-state index is 0.832. The fraction of sp³-hybridized carbons (Fsp3) is 0.0625. The lowest BCUT2D eigenvalue weighted by Gasteiger charge is -2.10. The zero-order valence-electron chi connectivity index (χ0n) is 10.6. The van der Waals surface area contributed by atoms with Crippen molar-refractivity contribution in [3.8, 4) is 5.75 Å². The van der Waals surface area contributed by atoms with Gasteiger partial charge in [-0.3, -0.25) is 4.98 Å². The van der Waals surface area contributed by atoms with Crippen LogP contribution in [0.1, 0.15) is 0 Å². The second-order valence-corrected chi connectivity index (χ2v) is 4.24. The molecule has 1 aromatic heterocycles. The van der Waals surface area contributed by atoms with Crippen LogP contribution >= 0.6 is 0 Å². The van der Waals surface area contributed by atoms with Crippen molar-refractivity contribution in [3.63, 3.8) is 0 Å². The van der Waals surface area contributed by atoms with Crippen LogP contribution in [0, 0.1) is 0 Å². The van der Waals surface area contributed by atoms with Gasteiger partial charge in [0.25, 0.3) is 0 Å². The third-order valence-corrected chi connectivity index (χ3v) is 2.98. The Bertz CT molecular complexity index is 704. The molecule has 1 heterocycles. The van der Waals surface area contributed by atoms with Crippen molar-refractivity contribution in [2.45, 2.75) is 0 Å². The summed E-state index contributed by atoms with van der Waals surface area (Å²) in [6.45, 7) is 0. The van der Waals surface area contributed by atoms with E-state index in [2.05, 4.69) is 22.4 Å². The number of para-hydroxylation sites is 1. The fourth-order valence-electron chi connectivity index (χ4n) is 2.06. The van der Waals surface area contributed by atoms with E-state index in [9.17, 15) is 0 Å². The summed E-state index contributed by atoms with van der Waals surface area (Å²) in [6.07, 6.45) is 1.80. The molecule has 0 spiro atoms. The Morgan fingerprint density at radius 1 is 1.00 bits per heavy atom. The molecule has 3 aromatic rings. The molecular weight excluding hydrogens is 236 g/mol. The van der Waals surface area contributed by atoms with Crippen LogP contribution in [0.15, 0.2) is 60.8 Å². The molecular formula is C16H14N2O. The summed E-state index contributed by atoms with van der Waals surface area (Å²) in [5, 5.41) is 4.50. The van der Waals surface area contributed by atoms with E-state index in [1.807, 2.05) is 42.5 Å². The number of rotatable bonds is 3. The van der Waals surface area contributed by atoms with E-state index in [1.165, 1.54) is 0 Å².